The first-order valence-corrected chi connectivity index (χ1v) is 7.07. The number of nitrogens with one attached hydrogen (secondary N) is 1. The molecule has 6 nitrogen and oxygen atoms in total. The Bertz CT molecular complexity index is 547. The highest BCUT2D eigenvalue weighted by molar-refractivity contribution is 8.00. The molecule has 7 heteroatoms. The van der Waals surface area contributed by atoms with Crippen LogP contribution in [0, 0.1) is 0 Å². The van der Waals surface area contributed by atoms with Crippen molar-refractivity contribution in [3.05, 3.63) is 41.4 Å². The van der Waals surface area contributed by atoms with Crippen LogP contribution in [0.5, 0.6) is 0 Å². The van der Waals surface area contributed by atoms with Gasteiger partial charge in [0.25, 0.3) is 0 Å². The summed E-state index contributed by atoms with van der Waals surface area (Å²) in [5.74, 6) is -0.485. The van der Waals surface area contributed by atoms with Crippen molar-refractivity contribution in [3.8, 4) is 0 Å². The molecule has 1 fully saturated rings. The van der Waals surface area contributed by atoms with Crippen LogP contribution in [0.25, 0.3) is 5.53 Å². The fraction of sp³-hybridized carbons (Fsp3) is 0.308. The molecule has 0 saturated carbocycles. The van der Waals surface area contributed by atoms with Gasteiger partial charge in [-0.2, -0.15) is 4.79 Å². The van der Waals surface area contributed by atoms with Gasteiger partial charge in [-0.25, -0.2) is 4.79 Å². The zero-order valence-electron chi connectivity index (χ0n) is 10.6. The Labute approximate surface area is 120 Å². The Morgan fingerprint density at radius 3 is 2.75 bits per heavy atom. The molecule has 1 aromatic carbocycles. The molecule has 1 N–H and O–H groups in total. The molecule has 20 heavy (non-hydrogen) atoms. The van der Waals surface area contributed by atoms with E-state index in [1.807, 2.05) is 30.3 Å². The number of rotatable bonds is 6. The number of ether oxygens (including phenoxy) is 1. The minimum atomic E-state index is -0.658. The molecule has 1 aromatic rings. The van der Waals surface area contributed by atoms with E-state index in [0.29, 0.717) is 6.42 Å². The minimum absolute atomic E-state index is 0.0170. The third-order valence-corrected chi connectivity index (χ3v) is 3.81. The van der Waals surface area contributed by atoms with E-state index in [4.69, 9.17) is 10.3 Å². The van der Waals surface area contributed by atoms with Crippen LogP contribution in [0.1, 0.15) is 12.0 Å². The quantitative estimate of drug-likeness (QED) is 0.278. The molecule has 1 aliphatic heterocycles. The summed E-state index contributed by atoms with van der Waals surface area (Å²) in [5, 5.41) is 2.63. The van der Waals surface area contributed by atoms with Crippen molar-refractivity contribution in [3.63, 3.8) is 0 Å². The molecule has 0 radical (unpaired) electrons. The maximum atomic E-state index is 11.7. The number of β-lactam (4-membered cyclic amide) rings is 1. The van der Waals surface area contributed by atoms with Gasteiger partial charge in [-0.15, -0.1) is 11.8 Å². The molecular formula is C13H13N3O3S. The van der Waals surface area contributed by atoms with Crippen LogP contribution < -0.4 is 5.32 Å². The zero-order valence-corrected chi connectivity index (χ0v) is 11.4. The molecule has 1 saturated heterocycles. The predicted octanol–water partition coefficient (Wildman–Crippen LogP) is 0.980. The number of nitrogens with zero attached hydrogens (tertiary/aromatic N) is 2. The number of hydrogen-bond donors (Lipinski definition) is 1. The molecule has 1 amide bonds. The molecule has 104 valence electrons. The van der Waals surface area contributed by atoms with Crippen LogP contribution in [0.15, 0.2) is 30.3 Å². The molecule has 0 aliphatic carbocycles. The number of amides is 1. The standard InChI is InChI=1S/C13H13N3O3S/c14-16-10(8-20-12-6-11(17)15-12)13(18)19-7-9-4-2-1-3-5-9/h1-5,12H,6-8H2,(H,15,17)/t12-/m0/s1. The molecular weight excluding hydrogens is 278 g/mol. The molecule has 2 rings (SSSR count). The fourth-order valence-corrected chi connectivity index (χ4v) is 2.56. The predicted molar refractivity (Wildman–Crippen MR) is 73.9 cm³/mol. The van der Waals surface area contributed by atoms with E-state index >= 15 is 0 Å². The van der Waals surface area contributed by atoms with E-state index in [1.165, 1.54) is 11.8 Å². The SMILES string of the molecule is [N-]=[N+]=C(CS[C@H]1CC(=O)N1)C(=O)OCc1ccccc1. The summed E-state index contributed by atoms with van der Waals surface area (Å²) >= 11 is 1.33. The molecule has 0 unspecified atom stereocenters. The lowest BCUT2D eigenvalue weighted by atomic mass is 10.2. The van der Waals surface area contributed by atoms with E-state index < -0.39 is 5.97 Å². The summed E-state index contributed by atoms with van der Waals surface area (Å²) in [6, 6.07) is 9.23. The van der Waals surface area contributed by atoms with Crippen molar-refractivity contribution in [1.29, 1.82) is 0 Å². The molecule has 1 heterocycles. The normalized spacial score (nSPS) is 16.6. The van der Waals surface area contributed by atoms with Gasteiger partial charge in [0.05, 0.1) is 11.8 Å². The highest BCUT2D eigenvalue weighted by Crippen LogP contribution is 2.18. The molecule has 0 spiro atoms. The van der Waals surface area contributed by atoms with Gasteiger partial charge in [-0.1, -0.05) is 30.3 Å². The number of carbonyl (C=O) groups excluding carboxylic acids is 2. The molecule has 1 aliphatic rings. The Kier molecular flexibility index (Phi) is 4.92. The van der Waals surface area contributed by atoms with E-state index in [1.54, 1.807) is 0 Å². The molecule has 1 atom stereocenters. The second kappa shape index (κ2) is 6.88. The van der Waals surface area contributed by atoms with Gasteiger partial charge in [0.15, 0.2) is 0 Å². The summed E-state index contributed by atoms with van der Waals surface area (Å²) in [6.07, 6.45) is 0.419. The summed E-state index contributed by atoms with van der Waals surface area (Å²) in [5.41, 5.74) is 9.63. The second-order valence-corrected chi connectivity index (χ2v) is 5.37. The largest absolute Gasteiger partial charge is 0.452 e. The molecule has 0 bridgehead atoms. The highest BCUT2D eigenvalue weighted by atomic mass is 32.2. The average molecular weight is 291 g/mol. The Hall–Kier alpha value is -2.11. The van der Waals surface area contributed by atoms with E-state index in [-0.39, 0.29) is 29.4 Å². The average Bonchev–Trinajstić information content (AvgIpc) is 2.44. The van der Waals surface area contributed by atoms with Crippen molar-refractivity contribution in [2.24, 2.45) is 0 Å². The monoisotopic (exact) mass is 291 g/mol. The van der Waals surface area contributed by atoms with Crippen molar-refractivity contribution in [2.45, 2.75) is 18.4 Å². The summed E-state index contributed by atoms with van der Waals surface area (Å²) < 4.78 is 5.06. The van der Waals surface area contributed by atoms with Gasteiger partial charge in [-0.05, 0) is 5.56 Å². The van der Waals surface area contributed by atoms with Crippen LogP contribution in [0.3, 0.4) is 0 Å². The lowest BCUT2D eigenvalue weighted by Crippen LogP contribution is -2.46. The first-order chi connectivity index (χ1) is 9.69. The van der Waals surface area contributed by atoms with Crippen molar-refractivity contribution < 1.29 is 19.1 Å². The fourth-order valence-electron chi connectivity index (χ4n) is 1.54. The Balaban J connectivity index is 1.77. The first-order valence-electron chi connectivity index (χ1n) is 6.02. The second-order valence-electron chi connectivity index (χ2n) is 4.18. The van der Waals surface area contributed by atoms with Gasteiger partial charge >= 0.3 is 11.7 Å². The number of hydrogen-bond acceptors (Lipinski definition) is 4. The van der Waals surface area contributed by atoms with Crippen LogP contribution in [0.4, 0.5) is 0 Å². The zero-order chi connectivity index (χ0) is 14.4. The van der Waals surface area contributed by atoms with Crippen LogP contribution in [-0.2, 0) is 20.9 Å². The maximum absolute atomic E-state index is 11.7. The number of carbonyl (C=O) groups is 2. The summed E-state index contributed by atoms with van der Waals surface area (Å²) in [6.45, 7) is 0.128. The smallest absolute Gasteiger partial charge is 0.418 e. The summed E-state index contributed by atoms with van der Waals surface area (Å²) in [4.78, 5) is 25.4. The Morgan fingerprint density at radius 2 is 2.15 bits per heavy atom. The topological polar surface area (TPSA) is 91.8 Å². The van der Waals surface area contributed by atoms with Gasteiger partial charge in [0.1, 0.15) is 12.4 Å². The highest BCUT2D eigenvalue weighted by Gasteiger charge is 2.29. The lowest BCUT2D eigenvalue weighted by molar-refractivity contribution is -0.141. The van der Waals surface area contributed by atoms with Crippen LogP contribution >= 0.6 is 11.8 Å². The van der Waals surface area contributed by atoms with Crippen LogP contribution in [-0.4, -0.2) is 33.5 Å². The maximum Gasteiger partial charge on any atom is 0.418 e. The number of esters is 1. The number of thioether (sulfide) groups is 1. The molecule has 0 aromatic heterocycles. The van der Waals surface area contributed by atoms with Gasteiger partial charge in [-0.3, -0.25) is 4.79 Å². The third kappa shape index (κ3) is 3.94. The van der Waals surface area contributed by atoms with Crippen molar-refractivity contribution >= 4 is 29.4 Å². The Morgan fingerprint density at radius 1 is 1.45 bits per heavy atom. The van der Waals surface area contributed by atoms with Gasteiger partial charge in [0, 0.05) is 0 Å². The van der Waals surface area contributed by atoms with E-state index in [9.17, 15) is 9.59 Å². The third-order valence-electron chi connectivity index (χ3n) is 2.68. The van der Waals surface area contributed by atoms with Crippen molar-refractivity contribution in [1.82, 2.24) is 5.32 Å². The van der Waals surface area contributed by atoms with Gasteiger partial charge in [0.2, 0.25) is 5.91 Å². The van der Waals surface area contributed by atoms with Crippen molar-refractivity contribution in [2.75, 3.05) is 5.75 Å². The van der Waals surface area contributed by atoms with E-state index in [2.05, 4.69) is 10.1 Å². The summed E-state index contributed by atoms with van der Waals surface area (Å²) in [7, 11) is 0. The van der Waals surface area contributed by atoms with Crippen LogP contribution in [0.2, 0.25) is 0 Å². The lowest BCUT2D eigenvalue weighted by Gasteiger charge is -2.25. The first kappa shape index (κ1) is 14.3. The number of benzene rings is 1. The van der Waals surface area contributed by atoms with E-state index in [0.717, 1.165) is 5.56 Å². The minimum Gasteiger partial charge on any atom is -0.452 e. The van der Waals surface area contributed by atoms with Gasteiger partial charge < -0.3 is 15.6 Å².